The zero-order valence-electron chi connectivity index (χ0n) is 16.6. The number of carbonyl (C=O) groups is 2. The van der Waals surface area contributed by atoms with Gasteiger partial charge in [-0.15, -0.1) is 0 Å². The van der Waals surface area contributed by atoms with E-state index in [9.17, 15) is 14.7 Å². The van der Waals surface area contributed by atoms with Gasteiger partial charge in [0.1, 0.15) is 5.75 Å². The number of rotatable bonds is 5. The number of aliphatic hydroxyl groups excluding tert-OH is 1. The Labute approximate surface area is 165 Å². The van der Waals surface area contributed by atoms with Gasteiger partial charge in [0, 0.05) is 12.0 Å². The zero-order valence-corrected chi connectivity index (χ0v) is 16.6. The normalized spacial score (nSPS) is 17.2. The van der Waals surface area contributed by atoms with Gasteiger partial charge in [-0.3, -0.25) is 9.59 Å². The predicted molar refractivity (Wildman–Crippen MR) is 107 cm³/mol. The molecule has 1 N–H and O–H groups in total. The number of hydrogen-bond acceptors (Lipinski definition) is 4. The van der Waals surface area contributed by atoms with Crippen LogP contribution in [0.2, 0.25) is 0 Å². The van der Waals surface area contributed by atoms with E-state index in [1.807, 2.05) is 42.5 Å². The van der Waals surface area contributed by atoms with Crippen LogP contribution in [-0.2, 0) is 16.1 Å². The number of hydrogen-bond donors (Lipinski definition) is 1. The van der Waals surface area contributed by atoms with Crippen molar-refractivity contribution in [3.05, 3.63) is 77.1 Å². The fourth-order valence-corrected chi connectivity index (χ4v) is 3.37. The van der Waals surface area contributed by atoms with E-state index < -0.39 is 23.1 Å². The van der Waals surface area contributed by atoms with E-state index in [2.05, 4.69) is 0 Å². The highest BCUT2D eigenvalue weighted by atomic mass is 16.5. The Morgan fingerprint density at radius 1 is 1.07 bits per heavy atom. The van der Waals surface area contributed by atoms with Crippen LogP contribution in [0.5, 0.6) is 5.75 Å². The molecule has 0 fully saturated rings. The van der Waals surface area contributed by atoms with Crippen LogP contribution in [0.15, 0.2) is 65.9 Å². The van der Waals surface area contributed by atoms with Crippen LogP contribution in [-0.4, -0.2) is 28.8 Å². The smallest absolute Gasteiger partial charge is 0.290 e. The molecule has 3 rings (SSSR count). The van der Waals surface area contributed by atoms with Crippen molar-refractivity contribution in [1.82, 2.24) is 4.90 Å². The summed E-state index contributed by atoms with van der Waals surface area (Å²) in [4.78, 5) is 27.6. The molecule has 1 aliphatic heterocycles. The number of nitrogens with zero attached hydrogens (tertiary/aromatic N) is 1. The topological polar surface area (TPSA) is 66.8 Å². The minimum atomic E-state index is -0.725. The number of amides is 1. The SMILES string of the molecule is COc1ccc([C@H]2C(C(=O)C(C)(C)C)=C(O)C(=O)N2Cc2ccccc2)cc1. The lowest BCUT2D eigenvalue weighted by molar-refractivity contribution is -0.130. The van der Waals surface area contributed by atoms with Crippen molar-refractivity contribution in [3.8, 4) is 5.75 Å². The van der Waals surface area contributed by atoms with Gasteiger partial charge >= 0.3 is 0 Å². The second-order valence-electron chi connectivity index (χ2n) is 7.94. The van der Waals surface area contributed by atoms with E-state index in [0.29, 0.717) is 12.3 Å². The molecule has 0 spiro atoms. The highest BCUT2D eigenvalue weighted by molar-refractivity contribution is 6.10. The summed E-state index contributed by atoms with van der Waals surface area (Å²) in [6, 6.07) is 16.1. The number of methoxy groups -OCH3 is 1. The van der Waals surface area contributed by atoms with E-state index >= 15 is 0 Å². The van der Waals surface area contributed by atoms with E-state index in [0.717, 1.165) is 11.1 Å². The molecule has 28 heavy (non-hydrogen) atoms. The van der Waals surface area contributed by atoms with Crippen molar-refractivity contribution >= 4 is 11.7 Å². The number of carbonyl (C=O) groups excluding carboxylic acids is 2. The van der Waals surface area contributed by atoms with Gasteiger partial charge in [-0.2, -0.15) is 0 Å². The summed E-state index contributed by atoms with van der Waals surface area (Å²) in [5.41, 5.74) is 1.10. The molecule has 2 aromatic rings. The molecule has 1 aliphatic rings. The summed E-state index contributed by atoms with van der Waals surface area (Å²) in [6.45, 7) is 5.64. The molecule has 1 heterocycles. The van der Waals surface area contributed by atoms with Crippen LogP contribution >= 0.6 is 0 Å². The molecule has 0 radical (unpaired) electrons. The maximum Gasteiger partial charge on any atom is 0.290 e. The average molecular weight is 379 g/mol. The Balaban J connectivity index is 2.08. The third-order valence-corrected chi connectivity index (χ3v) is 4.86. The largest absolute Gasteiger partial charge is 0.503 e. The predicted octanol–water partition coefficient (Wildman–Crippen LogP) is 4.21. The third-order valence-electron chi connectivity index (χ3n) is 4.86. The minimum Gasteiger partial charge on any atom is -0.503 e. The van der Waals surface area contributed by atoms with Crippen LogP contribution in [0.3, 0.4) is 0 Å². The number of Topliss-reactive ketones (excluding diaryl/α,β-unsaturated/α-hetero) is 1. The minimum absolute atomic E-state index is 0.151. The Morgan fingerprint density at radius 2 is 1.68 bits per heavy atom. The first-order valence-electron chi connectivity index (χ1n) is 9.21. The number of aliphatic hydroxyl groups is 1. The molecule has 1 atom stereocenters. The number of ketones is 1. The summed E-state index contributed by atoms with van der Waals surface area (Å²) in [6.07, 6.45) is 0. The van der Waals surface area contributed by atoms with Gasteiger partial charge in [-0.05, 0) is 23.3 Å². The monoisotopic (exact) mass is 379 g/mol. The van der Waals surface area contributed by atoms with E-state index in [1.54, 1.807) is 44.9 Å². The van der Waals surface area contributed by atoms with E-state index in [1.165, 1.54) is 0 Å². The van der Waals surface area contributed by atoms with Gasteiger partial charge in [0.15, 0.2) is 11.5 Å². The molecule has 0 saturated heterocycles. The molecule has 0 aromatic heterocycles. The lowest BCUT2D eigenvalue weighted by Crippen LogP contribution is -2.32. The first kappa shape index (κ1) is 19.7. The average Bonchev–Trinajstić information content (AvgIpc) is 2.92. The third kappa shape index (κ3) is 3.65. The fraction of sp³-hybridized carbons (Fsp3) is 0.304. The standard InChI is InChI=1S/C23H25NO4/c1-23(2,3)21(26)18-19(16-10-12-17(28-4)13-11-16)24(22(27)20(18)25)14-15-8-6-5-7-9-15/h5-13,19,25H,14H2,1-4H3/t19-/m0/s1. The molecule has 0 aliphatic carbocycles. The van der Waals surface area contributed by atoms with Crippen molar-refractivity contribution in [2.24, 2.45) is 5.41 Å². The lowest BCUT2D eigenvalue weighted by atomic mass is 9.82. The van der Waals surface area contributed by atoms with E-state index in [-0.39, 0.29) is 11.4 Å². The second-order valence-corrected chi connectivity index (χ2v) is 7.94. The van der Waals surface area contributed by atoms with Gasteiger partial charge in [0.05, 0.1) is 18.7 Å². The lowest BCUT2D eigenvalue weighted by Gasteiger charge is -2.29. The fourth-order valence-electron chi connectivity index (χ4n) is 3.37. The summed E-state index contributed by atoms with van der Waals surface area (Å²) >= 11 is 0. The summed E-state index contributed by atoms with van der Waals surface area (Å²) < 4.78 is 5.22. The molecular weight excluding hydrogens is 354 g/mol. The summed E-state index contributed by atoms with van der Waals surface area (Å²) in [5.74, 6) is -0.553. The number of ether oxygens (including phenoxy) is 1. The first-order valence-corrected chi connectivity index (χ1v) is 9.21. The number of benzene rings is 2. The van der Waals surface area contributed by atoms with Gasteiger partial charge in [-0.1, -0.05) is 63.2 Å². The Kier molecular flexibility index (Phi) is 5.27. The molecule has 2 aromatic carbocycles. The van der Waals surface area contributed by atoms with Crippen LogP contribution in [0.4, 0.5) is 0 Å². The van der Waals surface area contributed by atoms with Crippen LogP contribution in [0, 0.1) is 5.41 Å². The Hall–Kier alpha value is -3.08. The van der Waals surface area contributed by atoms with Crippen molar-refractivity contribution in [1.29, 1.82) is 0 Å². The van der Waals surface area contributed by atoms with Crippen molar-refractivity contribution in [2.45, 2.75) is 33.4 Å². The summed E-state index contributed by atoms with van der Waals surface area (Å²) in [5, 5.41) is 10.6. The molecule has 0 saturated carbocycles. The van der Waals surface area contributed by atoms with Gasteiger partial charge in [0.25, 0.3) is 5.91 Å². The van der Waals surface area contributed by atoms with Crippen molar-refractivity contribution in [3.63, 3.8) is 0 Å². The highest BCUT2D eigenvalue weighted by Gasteiger charge is 2.45. The quantitative estimate of drug-likeness (QED) is 0.845. The highest BCUT2D eigenvalue weighted by Crippen LogP contribution is 2.41. The molecule has 1 amide bonds. The van der Waals surface area contributed by atoms with Crippen LogP contribution in [0.1, 0.15) is 37.9 Å². The zero-order chi connectivity index (χ0) is 20.5. The Morgan fingerprint density at radius 3 is 2.21 bits per heavy atom. The molecular formula is C23H25NO4. The second kappa shape index (κ2) is 7.50. The maximum atomic E-state index is 13.1. The van der Waals surface area contributed by atoms with E-state index in [4.69, 9.17) is 4.74 Å². The molecule has 5 nitrogen and oxygen atoms in total. The van der Waals surface area contributed by atoms with Crippen molar-refractivity contribution in [2.75, 3.05) is 7.11 Å². The Bertz CT molecular complexity index is 908. The molecule has 0 bridgehead atoms. The molecule has 0 unspecified atom stereocenters. The molecule has 146 valence electrons. The van der Waals surface area contributed by atoms with Gasteiger partial charge in [-0.25, -0.2) is 0 Å². The maximum absolute atomic E-state index is 13.1. The van der Waals surface area contributed by atoms with Crippen LogP contribution < -0.4 is 4.74 Å². The first-order chi connectivity index (χ1) is 13.2. The van der Waals surface area contributed by atoms with Crippen LogP contribution in [0.25, 0.3) is 0 Å². The summed E-state index contributed by atoms with van der Waals surface area (Å²) in [7, 11) is 1.58. The van der Waals surface area contributed by atoms with Gasteiger partial charge < -0.3 is 14.7 Å². The van der Waals surface area contributed by atoms with Crippen molar-refractivity contribution < 1.29 is 19.4 Å². The van der Waals surface area contributed by atoms with Gasteiger partial charge in [0.2, 0.25) is 0 Å². The molecule has 5 heteroatoms.